The molecule has 158 valence electrons. The van der Waals surface area contributed by atoms with Gasteiger partial charge in [-0.2, -0.15) is 4.31 Å². The van der Waals surface area contributed by atoms with E-state index >= 15 is 0 Å². The first-order valence-electron chi connectivity index (χ1n) is 9.88. The highest BCUT2D eigenvalue weighted by Gasteiger charge is 2.59. The maximum absolute atomic E-state index is 13.9. The molecule has 0 N–H and O–H groups in total. The third-order valence-corrected chi connectivity index (χ3v) is 8.67. The van der Waals surface area contributed by atoms with Gasteiger partial charge in [0, 0.05) is 5.39 Å². The minimum atomic E-state index is -4.44. The number of fused-ring (bicyclic) bond motifs is 1. The molecule has 1 aliphatic heterocycles. The molecule has 0 radical (unpaired) electrons. The van der Waals surface area contributed by atoms with Crippen LogP contribution in [0.15, 0.2) is 108 Å². The number of rotatable bonds is 4. The summed E-state index contributed by atoms with van der Waals surface area (Å²) in [4.78, 5) is 27.0. The molecule has 7 heteroatoms. The second kappa shape index (κ2) is 7.62. The average Bonchev–Trinajstić information content (AvgIpc) is 3.11. The number of sulfonamides is 1. The number of hydrogen-bond acceptors (Lipinski definition) is 5. The van der Waals surface area contributed by atoms with Crippen molar-refractivity contribution in [2.75, 3.05) is 0 Å². The molecule has 4 aromatic rings. The molecule has 0 spiro atoms. The minimum absolute atomic E-state index is 0.0742. The van der Waals surface area contributed by atoms with E-state index < -0.39 is 25.9 Å². The molecule has 0 unspecified atom stereocenters. The molecule has 2 amide bonds. The lowest BCUT2D eigenvalue weighted by Crippen LogP contribution is -2.42. The maximum atomic E-state index is 13.9. The normalized spacial score (nSPS) is 15.9. The van der Waals surface area contributed by atoms with Gasteiger partial charge in [0.05, 0.1) is 4.90 Å². The summed E-state index contributed by atoms with van der Waals surface area (Å²) in [5, 5.41) is 0.339. The van der Waals surface area contributed by atoms with Crippen LogP contribution in [0, 0.1) is 0 Å². The summed E-state index contributed by atoms with van der Waals surface area (Å²) < 4.78 is 26.3. The summed E-state index contributed by atoms with van der Waals surface area (Å²) in [5.41, 5.74) is 1.09. The lowest BCUT2D eigenvalue weighted by molar-refractivity contribution is -0.125. The molecule has 4 aromatic carbocycles. The van der Waals surface area contributed by atoms with Crippen molar-refractivity contribution in [2.45, 2.75) is 9.64 Å². The van der Waals surface area contributed by atoms with Gasteiger partial charge < -0.3 is 0 Å². The smallest absolute Gasteiger partial charge is 0.271 e. The van der Waals surface area contributed by atoms with Crippen LogP contribution < -0.4 is 0 Å². The number of hydrogen-bond donors (Lipinski definition) is 0. The van der Waals surface area contributed by atoms with Crippen LogP contribution in [0.25, 0.3) is 10.8 Å². The summed E-state index contributed by atoms with van der Waals surface area (Å²) >= 11 is 0.721. The van der Waals surface area contributed by atoms with Crippen LogP contribution >= 0.6 is 11.8 Å². The number of carbonyl (C=O) groups excluding carboxylic acids is 2. The number of benzene rings is 4. The van der Waals surface area contributed by atoms with E-state index in [0.29, 0.717) is 26.2 Å². The standard InChI is InChI=1S/C25H17NO4S2/c27-23-25(19-12-3-1-4-13-19,20-14-5-2-6-15-20)31-24(28)26(23)32(29,30)22-17-9-11-18-10-7-8-16-21(18)22/h1-17H. The van der Waals surface area contributed by atoms with Gasteiger partial charge in [0.2, 0.25) is 0 Å². The first-order valence-corrected chi connectivity index (χ1v) is 12.1. The Hall–Kier alpha value is -3.42. The fourth-order valence-electron chi connectivity index (χ4n) is 4.05. The van der Waals surface area contributed by atoms with Crippen LogP contribution in [-0.2, 0) is 19.6 Å². The van der Waals surface area contributed by atoms with Crippen LogP contribution in [0.1, 0.15) is 11.1 Å². The second-order valence-corrected chi connectivity index (χ2v) is 10.3. The highest BCUT2D eigenvalue weighted by molar-refractivity contribution is 8.17. The molecule has 1 fully saturated rings. The van der Waals surface area contributed by atoms with Gasteiger partial charge in [-0.15, -0.1) is 0 Å². The van der Waals surface area contributed by atoms with Gasteiger partial charge in [-0.1, -0.05) is 97.1 Å². The average molecular weight is 460 g/mol. The van der Waals surface area contributed by atoms with Gasteiger partial charge in [-0.3, -0.25) is 9.59 Å². The van der Waals surface area contributed by atoms with Gasteiger partial charge in [0.1, 0.15) is 0 Å². The maximum Gasteiger partial charge on any atom is 0.304 e. The highest BCUT2D eigenvalue weighted by atomic mass is 32.2. The molecular formula is C25H17NO4S2. The van der Waals surface area contributed by atoms with Gasteiger partial charge in [0.15, 0.2) is 4.75 Å². The Morgan fingerprint density at radius 1 is 0.656 bits per heavy atom. The van der Waals surface area contributed by atoms with E-state index in [9.17, 15) is 18.0 Å². The lowest BCUT2D eigenvalue weighted by atomic mass is 9.89. The van der Waals surface area contributed by atoms with Crippen molar-refractivity contribution in [3.05, 3.63) is 114 Å². The van der Waals surface area contributed by atoms with E-state index in [2.05, 4.69) is 0 Å². The SMILES string of the molecule is O=C1SC(c2ccccc2)(c2ccccc2)C(=O)N1S(=O)(=O)c1cccc2ccccc12. The Bertz CT molecular complexity index is 1410. The zero-order valence-corrected chi connectivity index (χ0v) is 18.3. The van der Waals surface area contributed by atoms with E-state index in [1.165, 1.54) is 6.07 Å². The Morgan fingerprint density at radius 3 is 1.81 bits per heavy atom. The summed E-state index contributed by atoms with van der Waals surface area (Å²) in [5.74, 6) is -0.794. The summed E-state index contributed by atoms with van der Waals surface area (Å²) in [6, 6.07) is 29.4. The Kier molecular flexibility index (Phi) is 4.87. The van der Waals surface area contributed by atoms with Crippen LogP contribution in [0.4, 0.5) is 4.79 Å². The topological polar surface area (TPSA) is 71.5 Å². The van der Waals surface area contributed by atoms with Crippen LogP contribution in [0.2, 0.25) is 0 Å². The molecule has 0 aromatic heterocycles. The second-order valence-electron chi connectivity index (χ2n) is 7.33. The van der Waals surface area contributed by atoms with Gasteiger partial charge in [-0.05, 0) is 34.3 Å². The van der Waals surface area contributed by atoms with Crippen LogP contribution in [-0.4, -0.2) is 23.9 Å². The largest absolute Gasteiger partial charge is 0.304 e. The summed E-state index contributed by atoms with van der Waals surface area (Å²) in [6.07, 6.45) is 0. The van der Waals surface area contributed by atoms with Crippen molar-refractivity contribution in [1.29, 1.82) is 0 Å². The van der Waals surface area contributed by atoms with Gasteiger partial charge in [0.25, 0.3) is 15.9 Å². The highest BCUT2D eigenvalue weighted by Crippen LogP contribution is 2.51. The van der Waals surface area contributed by atoms with Crippen LogP contribution in [0.3, 0.4) is 0 Å². The number of thioether (sulfide) groups is 1. The zero-order chi connectivity index (χ0) is 22.3. The quantitative estimate of drug-likeness (QED) is 0.421. The van der Waals surface area contributed by atoms with E-state index in [4.69, 9.17) is 0 Å². The summed E-state index contributed by atoms with van der Waals surface area (Å²) in [7, 11) is -4.44. The molecule has 0 bridgehead atoms. The van der Waals surface area contributed by atoms with E-state index in [1.807, 2.05) is 0 Å². The number of amides is 2. The van der Waals surface area contributed by atoms with Gasteiger partial charge in [-0.25, -0.2) is 8.42 Å². The molecule has 1 heterocycles. The molecule has 0 atom stereocenters. The molecule has 0 aliphatic carbocycles. The minimum Gasteiger partial charge on any atom is -0.271 e. The van der Waals surface area contributed by atoms with E-state index in [-0.39, 0.29) is 4.90 Å². The van der Waals surface area contributed by atoms with Crippen molar-refractivity contribution in [3.63, 3.8) is 0 Å². The Labute approximate surface area is 189 Å². The predicted octanol–water partition coefficient (Wildman–Crippen LogP) is 5.17. The lowest BCUT2D eigenvalue weighted by Gasteiger charge is -2.26. The fraction of sp³-hybridized carbons (Fsp3) is 0.0400. The van der Waals surface area contributed by atoms with Crippen LogP contribution in [0.5, 0.6) is 0 Å². The molecule has 0 saturated carbocycles. The molecule has 32 heavy (non-hydrogen) atoms. The number of imide groups is 1. The summed E-state index contributed by atoms with van der Waals surface area (Å²) in [6.45, 7) is 0. The molecule has 5 rings (SSSR count). The van der Waals surface area contributed by atoms with E-state index in [1.54, 1.807) is 97.1 Å². The monoisotopic (exact) mass is 459 g/mol. The number of carbonyl (C=O) groups is 2. The first-order chi connectivity index (χ1) is 15.5. The van der Waals surface area contributed by atoms with Crippen molar-refractivity contribution in [1.82, 2.24) is 4.31 Å². The van der Waals surface area contributed by atoms with Gasteiger partial charge >= 0.3 is 5.24 Å². The zero-order valence-electron chi connectivity index (χ0n) is 16.7. The molecule has 1 saturated heterocycles. The van der Waals surface area contributed by atoms with Crippen molar-refractivity contribution < 1.29 is 18.0 Å². The number of nitrogens with zero attached hydrogens (tertiary/aromatic N) is 1. The van der Waals surface area contributed by atoms with Crippen molar-refractivity contribution in [3.8, 4) is 0 Å². The Morgan fingerprint density at radius 2 is 1.19 bits per heavy atom. The predicted molar refractivity (Wildman–Crippen MR) is 125 cm³/mol. The van der Waals surface area contributed by atoms with Crippen molar-refractivity contribution in [2.24, 2.45) is 0 Å². The van der Waals surface area contributed by atoms with E-state index in [0.717, 1.165) is 11.8 Å². The van der Waals surface area contributed by atoms with Crippen molar-refractivity contribution >= 4 is 43.7 Å². The fourth-order valence-corrected chi connectivity index (χ4v) is 7.09. The molecular weight excluding hydrogens is 442 g/mol. The third kappa shape index (κ3) is 2.97. The molecule has 1 aliphatic rings. The third-order valence-electron chi connectivity index (χ3n) is 5.52. The first kappa shape index (κ1) is 20.5. The molecule has 5 nitrogen and oxygen atoms in total. The Balaban J connectivity index is 1.72.